The predicted molar refractivity (Wildman–Crippen MR) is 155 cm³/mol. The molecule has 10 nitrogen and oxygen atoms in total. The Kier molecular flexibility index (Phi) is 9.38. The van der Waals surface area contributed by atoms with Crippen LogP contribution in [0.3, 0.4) is 0 Å². The lowest BCUT2D eigenvalue weighted by Gasteiger charge is -2.36. The first-order valence-electron chi connectivity index (χ1n) is 14.6. The van der Waals surface area contributed by atoms with E-state index in [9.17, 15) is 4.79 Å². The second-order valence-corrected chi connectivity index (χ2v) is 10.9. The number of rotatable bonds is 11. The van der Waals surface area contributed by atoms with Crippen molar-refractivity contribution < 1.29 is 14.3 Å². The van der Waals surface area contributed by atoms with Gasteiger partial charge in [-0.05, 0) is 70.7 Å². The molecule has 0 saturated carbocycles. The Bertz CT molecular complexity index is 1290. The van der Waals surface area contributed by atoms with Gasteiger partial charge in [-0.25, -0.2) is 15.0 Å². The molecule has 4 heterocycles. The van der Waals surface area contributed by atoms with Gasteiger partial charge in [0.1, 0.15) is 17.9 Å². The Labute approximate surface area is 236 Å². The summed E-state index contributed by atoms with van der Waals surface area (Å²) in [6, 6.07) is 4.17. The third-order valence-electron chi connectivity index (χ3n) is 7.93. The third kappa shape index (κ3) is 6.50. The minimum Gasteiger partial charge on any atom is -0.491 e. The van der Waals surface area contributed by atoms with E-state index in [4.69, 9.17) is 15.2 Å². The minimum atomic E-state index is 0.0275. The van der Waals surface area contributed by atoms with Crippen LogP contribution in [0.25, 0.3) is 22.2 Å². The standard InChI is InChI=1S/C30H41N7O3/c1-3-15-39-20-27-33-17-21(18-34-27)23-11-12-24-28(35-26(31)19-32-24)29(23)40-16-7-9-22-8-6-14-37(22)30(38)25-10-4-5-13-36(25)2/h11-12,17-19,22,25H,3-10,13-16,20H2,1-2H3,(H2,31,35). The van der Waals surface area contributed by atoms with Crippen LogP contribution in [0.5, 0.6) is 5.75 Å². The summed E-state index contributed by atoms with van der Waals surface area (Å²) in [5, 5.41) is 0. The van der Waals surface area contributed by atoms with Gasteiger partial charge >= 0.3 is 0 Å². The summed E-state index contributed by atoms with van der Waals surface area (Å²) in [5.41, 5.74) is 8.99. The predicted octanol–water partition coefficient (Wildman–Crippen LogP) is 4.23. The Morgan fingerprint density at radius 2 is 1.90 bits per heavy atom. The number of likely N-dealkylation sites (N-methyl/N-ethyl adjacent to an activating group) is 1. The third-order valence-corrected chi connectivity index (χ3v) is 7.93. The maximum atomic E-state index is 13.4. The van der Waals surface area contributed by atoms with Crippen molar-refractivity contribution in [2.75, 3.05) is 39.1 Å². The average molecular weight is 548 g/mol. The van der Waals surface area contributed by atoms with Crippen LogP contribution in [-0.2, 0) is 16.1 Å². The van der Waals surface area contributed by atoms with Gasteiger partial charge in [0.15, 0.2) is 11.6 Å². The smallest absolute Gasteiger partial charge is 0.240 e. The number of likely N-dealkylation sites (tertiary alicyclic amines) is 2. The van der Waals surface area contributed by atoms with Crippen LogP contribution in [0, 0.1) is 0 Å². The molecule has 3 aromatic rings. The molecule has 5 rings (SSSR count). The molecule has 2 aliphatic heterocycles. The zero-order valence-corrected chi connectivity index (χ0v) is 23.7. The van der Waals surface area contributed by atoms with E-state index in [2.05, 4.69) is 43.7 Å². The highest BCUT2D eigenvalue weighted by atomic mass is 16.5. The van der Waals surface area contributed by atoms with Crippen LogP contribution in [-0.4, -0.2) is 81.1 Å². The van der Waals surface area contributed by atoms with Gasteiger partial charge in [0.05, 0.1) is 24.4 Å². The Balaban J connectivity index is 1.27. The van der Waals surface area contributed by atoms with Gasteiger partial charge in [-0.1, -0.05) is 13.3 Å². The highest BCUT2D eigenvalue weighted by molar-refractivity contribution is 5.90. The number of piperidine rings is 1. The number of hydrogen-bond donors (Lipinski definition) is 1. The van der Waals surface area contributed by atoms with Gasteiger partial charge < -0.3 is 20.1 Å². The molecule has 2 saturated heterocycles. The Morgan fingerprint density at radius 1 is 1.05 bits per heavy atom. The van der Waals surface area contributed by atoms with Gasteiger partial charge in [0.25, 0.3) is 0 Å². The molecule has 1 amide bonds. The summed E-state index contributed by atoms with van der Waals surface area (Å²) < 4.78 is 12.0. The molecule has 2 N–H and O–H groups in total. The summed E-state index contributed by atoms with van der Waals surface area (Å²) >= 11 is 0. The van der Waals surface area contributed by atoms with Crippen molar-refractivity contribution in [2.24, 2.45) is 0 Å². The van der Waals surface area contributed by atoms with Crippen LogP contribution in [0.15, 0.2) is 30.7 Å². The molecule has 0 aliphatic carbocycles. The molecule has 2 unspecified atom stereocenters. The first-order chi connectivity index (χ1) is 19.5. The van der Waals surface area contributed by atoms with Crippen LogP contribution < -0.4 is 10.5 Å². The number of benzene rings is 1. The van der Waals surface area contributed by atoms with Crippen LogP contribution in [0.1, 0.15) is 64.1 Å². The van der Waals surface area contributed by atoms with E-state index in [1.807, 2.05) is 12.1 Å². The lowest BCUT2D eigenvalue weighted by Crippen LogP contribution is -2.50. The lowest BCUT2D eigenvalue weighted by molar-refractivity contribution is -0.138. The fraction of sp³-hybridized carbons (Fsp3) is 0.567. The molecule has 10 heteroatoms. The number of nitrogen functional groups attached to an aromatic ring is 1. The van der Waals surface area contributed by atoms with Crippen LogP contribution in [0.4, 0.5) is 5.82 Å². The summed E-state index contributed by atoms with van der Waals surface area (Å²) in [6.07, 6.45) is 13.2. The summed E-state index contributed by atoms with van der Waals surface area (Å²) in [6.45, 7) is 5.49. The van der Waals surface area contributed by atoms with Crippen molar-refractivity contribution in [3.05, 3.63) is 36.5 Å². The first-order valence-corrected chi connectivity index (χ1v) is 14.6. The maximum Gasteiger partial charge on any atom is 0.240 e. The monoisotopic (exact) mass is 547 g/mol. The molecular weight excluding hydrogens is 506 g/mol. The summed E-state index contributed by atoms with van der Waals surface area (Å²) in [7, 11) is 2.08. The summed E-state index contributed by atoms with van der Waals surface area (Å²) in [4.78, 5) is 35.7. The number of anilines is 1. The molecule has 1 aromatic carbocycles. The molecule has 2 atom stereocenters. The van der Waals surface area contributed by atoms with Gasteiger partial charge in [-0.2, -0.15) is 0 Å². The first kappa shape index (κ1) is 28.2. The Morgan fingerprint density at radius 3 is 2.70 bits per heavy atom. The molecule has 0 radical (unpaired) electrons. The molecule has 0 bridgehead atoms. The van der Waals surface area contributed by atoms with E-state index in [1.165, 1.54) is 6.42 Å². The normalized spacial score (nSPS) is 19.8. The van der Waals surface area contributed by atoms with E-state index in [0.717, 1.165) is 69.2 Å². The molecule has 2 aromatic heterocycles. The van der Waals surface area contributed by atoms with Crippen molar-refractivity contribution in [2.45, 2.75) is 77.0 Å². The summed E-state index contributed by atoms with van der Waals surface area (Å²) in [5.74, 6) is 1.90. The number of fused-ring (bicyclic) bond motifs is 1. The molecule has 0 spiro atoms. The van der Waals surface area contributed by atoms with Gasteiger partial charge in [0.2, 0.25) is 5.91 Å². The van der Waals surface area contributed by atoms with Crippen LogP contribution in [0.2, 0.25) is 0 Å². The van der Waals surface area contributed by atoms with E-state index in [0.29, 0.717) is 54.2 Å². The average Bonchev–Trinajstić information content (AvgIpc) is 3.44. The zero-order chi connectivity index (χ0) is 27.9. The van der Waals surface area contributed by atoms with Gasteiger partial charge in [0, 0.05) is 42.7 Å². The highest BCUT2D eigenvalue weighted by Gasteiger charge is 2.35. The van der Waals surface area contributed by atoms with Crippen LogP contribution >= 0.6 is 0 Å². The second-order valence-electron chi connectivity index (χ2n) is 10.9. The van der Waals surface area contributed by atoms with E-state index < -0.39 is 0 Å². The van der Waals surface area contributed by atoms with Crippen molar-refractivity contribution in [1.82, 2.24) is 29.7 Å². The molecular formula is C30H41N7O3. The van der Waals surface area contributed by atoms with Crippen molar-refractivity contribution in [1.29, 1.82) is 0 Å². The van der Waals surface area contributed by atoms with Crippen molar-refractivity contribution in [3.63, 3.8) is 0 Å². The quantitative estimate of drug-likeness (QED) is 0.352. The van der Waals surface area contributed by atoms with E-state index >= 15 is 0 Å². The van der Waals surface area contributed by atoms with Crippen molar-refractivity contribution >= 4 is 22.8 Å². The highest BCUT2D eigenvalue weighted by Crippen LogP contribution is 2.36. The minimum absolute atomic E-state index is 0.0275. The topological polar surface area (TPSA) is 120 Å². The number of nitrogens with two attached hydrogens (primary N) is 1. The van der Waals surface area contributed by atoms with Crippen molar-refractivity contribution in [3.8, 4) is 16.9 Å². The number of aromatic nitrogens is 4. The second kappa shape index (κ2) is 13.3. The molecule has 214 valence electrons. The zero-order valence-electron chi connectivity index (χ0n) is 23.7. The molecule has 40 heavy (non-hydrogen) atoms. The number of hydrogen-bond acceptors (Lipinski definition) is 9. The van der Waals surface area contributed by atoms with E-state index in [-0.39, 0.29) is 12.1 Å². The number of carbonyl (C=O) groups excluding carboxylic acids is 1. The number of nitrogens with zero attached hydrogens (tertiary/aromatic N) is 6. The number of ether oxygens (including phenoxy) is 2. The Hall–Kier alpha value is -3.37. The molecule has 2 fully saturated rings. The SMILES string of the molecule is CCCOCc1ncc(-c2ccc3ncc(N)nc3c2OCCCC2CCCN2C(=O)C2CCCCN2C)cn1. The fourth-order valence-electron chi connectivity index (χ4n) is 5.81. The fourth-order valence-corrected chi connectivity index (χ4v) is 5.81. The van der Waals surface area contributed by atoms with E-state index in [1.54, 1.807) is 18.6 Å². The lowest BCUT2D eigenvalue weighted by atomic mass is 10.0. The van der Waals surface area contributed by atoms with Gasteiger partial charge in [-0.3, -0.25) is 14.7 Å². The number of amides is 1. The largest absolute Gasteiger partial charge is 0.491 e. The molecule has 2 aliphatic rings. The maximum absolute atomic E-state index is 13.4. The number of carbonyl (C=O) groups is 1. The van der Waals surface area contributed by atoms with Gasteiger partial charge in [-0.15, -0.1) is 0 Å².